The Labute approximate surface area is 135 Å². The maximum absolute atomic E-state index is 12.0. The first-order chi connectivity index (χ1) is 10.7. The fourth-order valence-corrected chi connectivity index (χ4v) is 2.35. The average molecular weight is 317 g/mol. The highest BCUT2D eigenvalue weighted by Crippen LogP contribution is 2.36. The molecular formula is C15H20BN3O4. The lowest BCUT2D eigenvalue weighted by atomic mass is 9.81. The van der Waals surface area contributed by atoms with E-state index in [1.807, 2.05) is 27.7 Å². The normalized spacial score (nSPS) is 19.3. The van der Waals surface area contributed by atoms with Gasteiger partial charge in [0.05, 0.1) is 24.0 Å². The first kappa shape index (κ1) is 16.0. The fraction of sp³-hybridized carbons (Fsp3) is 0.533. The number of fused-ring (bicyclic) bond motifs is 1. The highest BCUT2D eigenvalue weighted by atomic mass is 16.7. The Bertz CT molecular complexity index is 740. The van der Waals surface area contributed by atoms with E-state index < -0.39 is 24.3 Å². The molecule has 0 radical (unpaired) electrons. The number of nitrogens with zero attached hydrogens (tertiary/aromatic N) is 3. The van der Waals surface area contributed by atoms with Gasteiger partial charge in [-0.2, -0.15) is 0 Å². The van der Waals surface area contributed by atoms with Gasteiger partial charge in [0.1, 0.15) is 0 Å². The molecule has 122 valence electrons. The minimum atomic E-state index is -0.547. The summed E-state index contributed by atoms with van der Waals surface area (Å²) in [4.78, 5) is 20.4. The number of hydrogen-bond acceptors (Lipinski definition) is 6. The van der Waals surface area contributed by atoms with Crippen LogP contribution < -0.4 is 5.46 Å². The molecule has 23 heavy (non-hydrogen) atoms. The Morgan fingerprint density at radius 2 is 1.83 bits per heavy atom. The van der Waals surface area contributed by atoms with E-state index in [0.717, 1.165) is 5.46 Å². The van der Waals surface area contributed by atoms with Gasteiger partial charge in [0, 0.05) is 17.9 Å². The van der Waals surface area contributed by atoms with E-state index in [4.69, 9.17) is 14.0 Å². The zero-order valence-corrected chi connectivity index (χ0v) is 14.0. The first-order valence-corrected chi connectivity index (χ1v) is 7.61. The van der Waals surface area contributed by atoms with Gasteiger partial charge in [0.2, 0.25) is 5.78 Å². The number of esters is 1. The monoisotopic (exact) mass is 317 g/mol. The molecule has 8 heteroatoms. The zero-order valence-electron chi connectivity index (χ0n) is 14.0. The van der Waals surface area contributed by atoms with Crippen molar-refractivity contribution in [3.05, 3.63) is 24.3 Å². The summed E-state index contributed by atoms with van der Waals surface area (Å²) in [5.74, 6) is -0.0128. The van der Waals surface area contributed by atoms with E-state index in [1.54, 1.807) is 23.7 Å². The third kappa shape index (κ3) is 2.62. The second-order valence-corrected chi connectivity index (χ2v) is 6.51. The predicted molar refractivity (Wildman–Crippen MR) is 84.7 cm³/mol. The Morgan fingerprint density at radius 3 is 2.43 bits per heavy atom. The molecule has 1 aliphatic rings. The predicted octanol–water partition coefficient (Wildman–Crippen LogP) is 1.21. The van der Waals surface area contributed by atoms with Crippen molar-refractivity contribution >= 4 is 24.3 Å². The molecule has 3 heterocycles. The van der Waals surface area contributed by atoms with Crippen LogP contribution in [-0.4, -0.2) is 45.3 Å². The standard InChI is InChI=1S/C15H20BN3O4/c1-6-21-12(20)11-8-18-13-17-7-10(9-19(11)13)16-22-14(2,3)15(4,5)23-16/h7-9H,6H2,1-5H3. The summed E-state index contributed by atoms with van der Waals surface area (Å²) in [6.45, 7) is 10.0. The SMILES string of the molecule is CCOC(=O)c1cnc2ncc(B3OC(C)(C)C(C)(C)O3)cn12. The molecule has 3 rings (SSSR count). The van der Waals surface area contributed by atoms with Gasteiger partial charge >= 0.3 is 13.1 Å². The molecule has 7 nitrogen and oxygen atoms in total. The van der Waals surface area contributed by atoms with Crippen LogP contribution in [0.25, 0.3) is 5.78 Å². The van der Waals surface area contributed by atoms with Crippen LogP contribution in [0.1, 0.15) is 45.1 Å². The number of carbonyl (C=O) groups excluding carboxylic acids is 1. The summed E-state index contributed by atoms with van der Waals surface area (Å²) in [5, 5.41) is 0. The van der Waals surface area contributed by atoms with Crippen molar-refractivity contribution in [2.24, 2.45) is 0 Å². The van der Waals surface area contributed by atoms with Crippen LogP contribution in [0.15, 0.2) is 18.6 Å². The second-order valence-electron chi connectivity index (χ2n) is 6.51. The number of carbonyl (C=O) groups is 1. The molecule has 0 aliphatic carbocycles. The van der Waals surface area contributed by atoms with Gasteiger partial charge in [-0.3, -0.25) is 4.40 Å². The quantitative estimate of drug-likeness (QED) is 0.626. The third-order valence-electron chi connectivity index (χ3n) is 4.39. The lowest BCUT2D eigenvalue weighted by Gasteiger charge is -2.32. The Balaban J connectivity index is 1.97. The Morgan fingerprint density at radius 1 is 1.22 bits per heavy atom. The highest BCUT2D eigenvalue weighted by molar-refractivity contribution is 6.61. The van der Waals surface area contributed by atoms with Crippen molar-refractivity contribution in [1.82, 2.24) is 14.4 Å². The zero-order chi connectivity index (χ0) is 16.8. The van der Waals surface area contributed by atoms with Crippen molar-refractivity contribution in [2.45, 2.75) is 45.8 Å². The number of hydrogen-bond donors (Lipinski definition) is 0. The highest BCUT2D eigenvalue weighted by Gasteiger charge is 2.52. The van der Waals surface area contributed by atoms with Crippen molar-refractivity contribution in [3.8, 4) is 0 Å². The van der Waals surface area contributed by atoms with E-state index in [2.05, 4.69) is 9.97 Å². The molecule has 0 aromatic carbocycles. The van der Waals surface area contributed by atoms with Gasteiger partial charge in [-0.1, -0.05) is 0 Å². The summed E-state index contributed by atoms with van der Waals surface area (Å²) in [7, 11) is -0.547. The van der Waals surface area contributed by atoms with Gasteiger partial charge in [-0.25, -0.2) is 14.8 Å². The van der Waals surface area contributed by atoms with Crippen molar-refractivity contribution in [1.29, 1.82) is 0 Å². The number of rotatable bonds is 3. The lowest BCUT2D eigenvalue weighted by Crippen LogP contribution is -2.41. The molecule has 1 saturated heterocycles. The molecule has 0 spiro atoms. The van der Waals surface area contributed by atoms with E-state index in [0.29, 0.717) is 18.1 Å². The van der Waals surface area contributed by atoms with Crippen molar-refractivity contribution < 1.29 is 18.8 Å². The van der Waals surface area contributed by atoms with E-state index in [1.165, 1.54) is 6.20 Å². The van der Waals surface area contributed by atoms with Gasteiger partial charge in [0.15, 0.2) is 5.69 Å². The molecule has 1 fully saturated rings. The minimum absolute atomic E-state index is 0.302. The molecule has 1 aliphatic heterocycles. The maximum atomic E-state index is 12.0. The average Bonchev–Trinajstić information content (AvgIpc) is 2.97. The van der Waals surface area contributed by atoms with Gasteiger partial charge in [0.25, 0.3) is 0 Å². The molecule has 2 aromatic rings. The molecule has 0 amide bonds. The molecule has 0 N–H and O–H groups in total. The Kier molecular flexibility index (Phi) is 3.69. The molecular weight excluding hydrogens is 297 g/mol. The molecule has 2 aromatic heterocycles. The Hall–Kier alpha value is -1.93. The van der Waals surface area contributed by atoms with Crippen LogP contribution in [0.5, 0.6) is 0 Å². The van der Waals surface area contributed by atoms with E-state index >= 15 is 0 Å². The van der Waals surface area contributed by atoms with Gasteiger partial charge < -0.3 is 14.0 Å². The number of ether oxygens (including phenoxy) is 1. The summed E-state index contributed by atoms with van der Waals surface area (Å²) >= 11 is 0. The summed E-state index contributed by atoms with van der Waals surface area (Å²) in [5.41, 5.74) is 0.171. The summed E-state index contributed by atoms with van der Waals surface area (Å²) in [6, 6.07) is 0. The number of aromatic nitrogens is 3. The third-order valence-corrected chi connectivity index (χ3v) is 4.39. The first-order valence-electron chi connectivity index (χ1n) is 7.61. The van der Waals surface area contributed by atoms with Crippen LogP contribution in [0, 0.1) is 0 Å². The molecule has 0 unspecified atom stereocenters. The molecule has 0 saturated carbocycles. The van der Waals surface area contributed by atoms with Crippen molar-refractivity contribution in [3.63, 3.8) is 0 Å². The minimum Gasteiger partial charge on any atom is -0.461 e. The smallest absolute Gasteiger partial charge is 0.461 e. The van der Waals surface area contributed by atoms with Gasteiger partial charge in [-0.05, 0) is 34.6 Å². The number of imidazole rings is 1. The lowest BCUT2D eigenvalue weighted by molar-refractivity contribution is 0.00578. The fourth-order valence-electron chi connectivity index (χ4n) is 2.35. The van der Waals surface area contributed by atoms with E-state index in [-0.39, 0.29) is 0 Å². The van der Waals surface area contributed by atoms with Crippen LogP contribution in [0.2, 0.25) is 0 Å². The summed E-state index contributed by atoms with van der Waals surface area (Å²) < 4.78 is 18.7. The van der Waals surface area contributed by atoms with Crippen LogP contribution >= 0.6 is 0 Å². The second kappa shape index (κ2) is 5.31. The van der Waals surface area contributed by atoms with Crippen molar-refractivity contribution in [2.75, 3.05) is 6.61 Å². The van der Waals surface area contributed by atoms with Gasteiger partial charge in [-0.15, -0.1) is 0 Å². The largest absolute Gasteiger partial charge is 0.497 e. The maximum Gasteiger partial charge on any atom is 0.497 e. The van der Waals surface area contributed by atoms with Crippen LogP contribution in [0.4, 0.5) is 0 Å². The molecule has 0 bridgehead atoms. The summed E-state index contributed by atoms with van der Waals surface area (Å²) in [6.07, 6.45) is 4.86. The molecule has 0 atom stereocenters. The van der Waals surface area contributed by atoms with Crippen LogP contribution in [-0.2, 0) is 14.0 Å². The topological polar surface area (TPSA) is 75.0 Å². The van der Waals surface area contributed by atoms with Crippen LogP contribution in [0.3, 0.4) is 0 Å². The van der Waals surface area contributed by atoms with E-state index in [9.17, 15) is 4.79 Å².